The van der Waals surface area contributed by atoms with Crippen LogP contribution in [-0.4, -0.2) is 98.8 Å². The van der Waals surface area contributed by atoms with Crippen molar-refractivity contribution < 1.29 is 53.0 Å². The molecule has 0 amide bonds. The van der Waals surface area contributed by atoms with Gasteiger partial charge in [-0.1, -0.05) is 30.4 Å². The second kappa shape index (κ2) is 28.5. The van der Waals surface area contributed by atoms with Gasteiger partial charge in [-0.2, -0.15) is 0 Å². The molecule has 0 unspecified atom stereocenters. The zero-order valence-electron chi connectivity index (χ0n) is 22.8. The van der Waals surface area contributed by atoms with Crippen molar-refractivity contribution in [2.45, 2.75) is 45.2 Å². The molecule has 0 aliphatic rings. The number of carbonyl (C=O) groups is 3. The van der Waals surface area contributed by atoms with E-state index in [1.165, 1.54) is 24.3 Å². The molecule has 11 nitrogen and oxygen atoms in total. The minimum absolute atomic E-state index is 0.0137. The molecule has 0 aromatic carbocycles. The maximum Gasteiger partial charge on any atom is 0.338 e. The molecule has 0 aliphatic heterocycles. The molecular formula is C27H44O11. The lowest BCUT2D eigenvalue weighted by atomic mass is 10.2. The van der Waals surface area contributed by atoms with Crippen LogP contribution < -0.4 is 0 Å². The topological polar surface area (TPSA) is 147 Å². The molecule has 218 valence electrons. The molecule has 0 radical (unpaired) electrons. The first-order valence-electron chi connectivity index (χ1n) is 11.9. The molecule has 0 fully saturated rings. The molecule has 0 rings (SSSR count). The fraction of sp³-hybridized carbons (Fsp3) is 0.519. The summed E-state index contributed by atoms with van der Waals surface area (Å²) in [5.74, 6) is -1.52. The average Bonchev–Trinajstić information content (AvgIpc) is 2.90. The molecule has 11 heteroatoms. The predicted octanol–water partition coefficient (Wildman–Crippen LogP) is 2.09. The third-order valence-corrected chi connectivity index (χ3v) is 3.69. The van der Waals surface area contributed by atoms with Crippen molar-refractivity contribution in [3.05, 3.63) is 63.3 Å². The van der Waals surface area contributed by atoms with E-state index in [-0.39, 0.29) is 39.0 Å². The summed E-state index contributed by atoms with van der Waals surface area (Å²) >= 11 is 0. The molecule has 0 saturated carbocycles. The first-order valence-corrected chi connectivity index (χ1v) is 11.9. The predicted molar refractivity (Wildman–Crippen MR) is 143 cm³/mol. The Bertz CT molecular complexity index is 647. The zero-order chi connectivity index (χ0) is 29.8. The smallest absolute Gasteiger partial charge is 0.338 e. The molecule has 0 aromatic rings. The molecule has 38 heavy (non-hydrogen) atoms. The second-order valence-corrected chi connectivity index (χ2v) is 6.65. The van der Waals surface area contributed by atoms with Crippen LogP contribution in [0.25, 0.3) is 0 Å². The number of hydrogen-bond donors (Lipinski definition) is 2. The van der Waals surface area contributed by atoms with Crippen LogP contribution in [0.3, 0.4) is 0 Å². The van der Waals surface area contributed by atoms with E-state index in [1.807, 2.05) is 0 Å². The van der Waals surface area contributed by atoms with Crippen LogP contribution in [0, 0.1) is 0 Å². The summed E-state index contributed by atoms with van der Waals surface area (Å²) in [6.07, 6.45) is 2.84. The molecule has 0 bridgehead atoms. The molecule has 0 aromatic heterocycles. The maximum atomic E-state index is 11.3. The van der Waals surface area contributed by atoms with E-state index in [1.54, 1.807) is 26.8 Å². The highest BCUT2D eigenvalue weighted by molar-refractivity contribution is 5.76. The summed E-state index contributed by atoms with van der Waals surface area (Å²) in [7, 11) is 0. The first kappa shape index (κ1) is 39.4. The van der Waals surface area contributed by atoms with Crippen LogP contribution in [0.1, 0.15) is 20.8 Å². The highest BCUT2D eigenvalue weighted by Crippen LogP contribution is 2.05. The van der Waals surface area contributed by atoms with Crippen LogP contribution in [0.15, 0.2) is 63.3 Å². The lowest BCUT2D eigenvalue weighted by molar-refractivity contribution is -0.162. The van der Waals surface area contributed by atoms with Crippen molar-refractivity contribution in [2.24, 2.45) is 0 Å². The van der Waals surface area contributed by atoms with Gasteiger partial charge in [0.2, 0.25) is 0 Å². The summed E-state index contributed by atoms with van der Waals surface area (Å²) in [4.78, 5) is 33.1. The van der Waals surface area contributed by atoms with Crippen molar-refractivity contribution >= 4 is 17.9 Å². The summed E-state index contributed by atoms with van der Waals surface area (Å²) in [6, 6.07) is 0. The second-order valence-electron chi connectivity index (χ2n) is 6.65. The van der Waals surface area contributed by atoms with E-state index in [4.69, 9.17) is 23.7 Å². The standard InChI is InChI=1S/2C10H16O4.C7H12O3/c2*1-4-7-14-9(8(11)5-2)10(12)13-6-3;1-3-5-9-6-7(8)10-4-2/h2*4-5,8-9,11H,1-2,6-7H2,3H3;3H,1,4-6H2,2H3/t8-,9+;8-,9-;/m01./s1. The van der Waals surface area contributed by atoms with Gasteiger partial charge in [0.25, 0.3) is 0 Å². The minimum Gasteiger partial charge on any atom is -0.464 e. The summed E-state index contributed by atoms with van der Waals surface area (Å²) in [5, 5.41) is 18.7. The Balaban J connectivity index is -0.000000492. The van der Waals surface area contributed by atoms with Crippen molar-refractivity contribution in [3.8, 4) is 0 Å². The van der Waals surface area contributed by atoms with E-state index < -0.39 is 36.4 Å². The van der Waals surface area contributed by atoms with Crippen LogP contribution >= 0.6 is 0 Å². The fourth-order valence-corrected chi connectivity index (χ4v) is 2.08. The number of rotatable bonds is 19. The Morgan fingerprint density at radius 2 is 1.03 bits per heavy atom. The monoisotopic (exact) mass is 544 g/mol. The zero-order valence-corrected chi connectivity index (χ0v) is 22.8. The van der Waals surface area contributed by atoms with E-state index in [0.29, 0.717) is 13.2 Å². The van der Waals surface area contributed by atoms with Crippen LogP contribution in [0.5, 0.6) is 0 Å². The maximum absolute atomic E-state index is 11.3. The quantitative estimate of drug-likeness (QED) is 0.107. The van der Waals surface area contributed by atoms with Gasteiger partial charge in [0.1, 0.15) is 18.8 Å². The van der Waals surface area contributed by atoms with Gasteiger partial charge in [-0.25, -0.2) is 14.4 Å². The highest BCUT2D eigenvalue weighted by atomic mass is 16.6. The highest BCUT2D eigenvalue weighted by Gasteiger charge is 2.27. The Labute approximate surface area is 226 Å². The first-order chi connectivity index (χ1) is 18.1. The van der Waals surface area contributed by atoms with Gasteiger partial charge in [-0.3, -0.25) is 0 Å². The van der Waals surface area contributed by atoms with E-state index in [9.17, 15) is 24.6 Å². The summed E-state index contributed by atoms with van der Waals surface area (Å²) < 4.78 is 28.9. The normalized spacial score (nSPS) is 12.8. The largest absolute Gasteiger partial charge is 0.464 e. The number of esters is 3. The third-order valence-electron chi connectivity index (χ3n) is 3.69. The number of aliphatic hydroxyl groups excluding tert-OH is 2. The minimum atomic E-state index is -1.06. The van der Waals surface area contributed by atoms with Crippen molar-refractivity contribution in [1.82, 2.24) is 0 Å². The van der Waals surface area contributed by atoms with Crippen LogP contribution in [-0.2, 0) is 42.8 Å². The average molecular weight is 545 g/mol. The molecule has 4 atom stereocenters. The Kier molecular flexibility index (Phi) is 29.5. The number of ether oxygens (including phenoxy) is 6. The van der Waals surface area contributed by atoms with Gasteiger partial charge in [0, 0.05) is 0 Å². The number of hydrogen-bond acceptors (Lipinski definition) is 11. The molecule has 2 N–H and O–H groups in total. The third kappa shape index (κ3) is 22.1. The molecule has 0 aliphatic carbocycles. The molecular weight excluding hydrogens is 500 g/mol. The van der Waals surface area contributed by atoms with Crippen LogP contribution in [0.4, 0.5) is 0 Å². The Hall–Kier alpha value is -3.09. The van der Waals surface area contributed by atoms with Gasteiger partial charge in [-0.05, 0) is 20.8 Å². The van der Waals surface area contributed by atoms with E-state index in [2.05, 4.69) is 37.6 Å². The van der Waals surface area contributed by atoms with Crippen LogP contribution in [0.2, 0.25) is 0 Å². The number of carbonyl (C=O) groups excluding carboxylic acids is 3. The SMILES string of the molecule is C=CCOCC(=O)OCC.C=CCO[C@@H](C(=O)OCC)[C@@H](O)C=C.C=CCO[C@@H](C(=O)OCC)[C@H](O)C=C. The van der Waals surface area contributed by atoms with Gasteiger partial charge >= 0.3 is 17.9 Å². The van der Waals surface area contributed by atoms with Gasteiger partial charge in [0.15, 0.2) is 12.2 Å². The van der Waals surface area contributed by atoms with Gasteiger partial charge in [0.05, 0.1) is 39.6 Å². The molecule has 0 heterocycles. The lowest BCUT2D eigenvalue weighted by Crippen LogP contribution is -2.36. The Morgan fingerprint density at radius 3 is 1.32 bits per heavy atom. The number of aliphatic hydroxyl groups is 2. The van der Waals surface area contributed by atoms with Gasteiger partial charge in [-0.15, -0.1) is 32.9 Å². The summed E-state index contributed by atoms with van der Waals surface area (Å²) in [5.41, 5.74) is 0. The lowest BCUT2D eigenvalue weighted by Gasteiger charge is -2.18. The molecule has 0 saturated heterocycles. The summed E-state index contributed by atoms with van der Waals surface area (Å²) in [6.45, 7) is 23.8. The van der Waals surface area contributed by atoms with Gasteiger partial charge < -0.3 is 38.6 Å². The fourth-order valence-electron chi connectivity index (χ4n) is 2.08. The van der Waals surface area contributed by atoms with Crippen molar-refractivity contribution in [1.29, 1.82) is 0 Å². The van der Waals surface area contributed by atoms with E-state index in [0.717, 1.165) is 0 Å². The Morgan fingerprint density at radius 1 is 0.658 bits per heavy atom. The van der Waals surface area contributed by atoms with E-state index >= 15 is 0 Å². The van der Waals surface area contributed by atoms with Crippen molar-refractivity contribution in [3.63, 3.8) is 0 Å². The molecule has 0 spiro atoms. The van der Waals surface area contributed by atoms with Crippen molar-refractivity contribution in [2.75, 3.05) is 46.2 Å².